The number of hydrogen-bond donors (Lipinski definition) is 1. The Bertz CT molecular complexity index is 747. The smallest absolute Gasteiger partial charge is 0.370 e. The second-order valence-corrected chi connectivity index (χ2v) is 4.85. The highest BCUT2D eigenvalue weighted by Gasteiger charge is 2.27. The van der Waals surface area contributed by atoms with E-state index in [1.165, 1.54) is 35.4 Å². The third kappa shape index (κ3) is 5.28. The molecule has 0 bridgehead atoms. The van der Waals surface area contributed by atoms with Gasteiger partial charge in [-0.25, -0.2) is 4.98 Å². The third-order valence-corrected chi connectivity index (χ3v) is 3.01. The largest absolute Gasteiger partial charge is 0.411 e. The predicted octanol–water partition coefficient (Wildman–Crippen LogP) is 2.09. The van der Waals surface area contributed by atoms with Crippen molar-refractivity contribution in [2.45, 2.75) is 6.18 Å². The summed E-state index contributed by atoms with van der Waals surface area (Å²) in [5, 5.41) is 13.5. The number of benzene rings is 1. The van der Waals surface area contributed by atoms with Crippen molar-refractivity contribution in [3.8, 4) is 5.69 Å². The number of aromatic nitrogens is 2. The topological polar surface area (TPSA) is 99.3 Å². The summed E-state index contributed by atoms with van der Waals surface area (Å²) < 4.78 is 41.5. The van der Waals surface area contributed by atoms with Gasteiger partial charge in [0.2, 0.25) is 0 Å². The number of alkyl halides is 3. The normalized spacial score (nSPS) is 11.3. The fourth-order valence-electron chi connectivity index (χ4n) is 1.96. The van der Waals surface area contributed by atoms with Crippen molar-refractivity contribution in [3.05, 3.63) is 52.6 Å². The monoisotopic (exact) mass is 358 g/mol. The Morgan fingerprint density at radius 1 is 1.40 bits per heavy atom. The molecule has 0 spiro atoms. The highest BCUT2D eigenvalue weighted by Crippen LogP contribution is 2.24. The summed E-state index contributed by atoms with van der Waals surface area (Å²) in [6.07, 6.45) is -0.0980. The molecule has 1 aromatic carbocycles. The van der Waals surface area contributed by atoms with Crippen molar-refractivity contribution in [1.29, 1.82) is 0 Å². The van der Waals surface area contributed by atoms with E-state index >= 15 is 0 Å². The lowest BCUT2D eigenvalue weighted by Crippen LogP contribution is -2.29. The van der Waals surface area contributed by atoms with E-state index in [0.29, 0.717) is 0 Å². The predicted molar refractivity (Wildman–Crippen MR) is 79.4 cm³/mol. The van der Waals surface area contributed by atoms with Gasteiger partial charge in [-0.3, -0.25) is 14.9 Å². The molecule has 2 rings (SSSR count). The number of amides is 1. The zero-order valence-corrected chi connectivity index (χ0v) is 12.7. The van der Waals surface area contributed by atoms with E-state index in [0.717, 1.165) is 6.07 Å². The number of rotatable bonds is 7. The fraction of sp³-hybridized carbons (Fsp3) is 0.286. The Labute approximate surface area is 139 Å². The Balaban J connectivity index is 2.01. The summed E-state index contributed by atoms with van der Waals surface area (Å²) in [6.45, 7) is -1.90. The van der Waals surface area contributed by atoms with E-state index in [1.807, 2.05) is 0 Å². The molecular formula is C14H13F3N4O4. The van der Waals surface area contributed by atoms with E-state index in [-0.39, 0.29) is 30.1 Å². The summed E-state index contributed by atoms with van der Waals surface area (Å²) in [4.78, 5) is 26.3. The summed E-state index contributed by atoms with van der Waals surface area (Å²) >= 11 is 0. The average molecular weight is 358 g/mol. The molecule has 0 radical (unpaired) electrons. The first-order valence-corrected chi connectivity index (χ1v) is 6.97. The number of nitro benzene ring substituents is 1. The van der Waals surface area contributed by atoms with E-state index in [9.17, 15) is 28.1 Å². The maximum atomic E-state index is 11.9. The van der Waals surface area contributed by atoms with Crippen molar-refractivity contribution in [1.82, 2.24) is 14.9 Å². The molecule has 0 unspecified atom stereocenters. The maximum absolute atomic E-state index is 11.9. The molecule has 0 saturated carbocycles. The number of imidazole rings is 1. The van der Waals surface area contributed by atoms with E-state index in [1.54, 1.807) is 0 Å². The average Bonchev–Trinajstić information content (AvgIpc) is 3.07. The molecule has 1 aromatic heterocycles. The number of carbonyl (C=O) groups is 1. The van der Waals surface area contributed by atoms with Gasteiger partial charge in [-0.05, 0) is 12.1 Å². The minimum absolute atomic E-state index is 0.00591. The Morgan fingerprint density at radius 3 is 2.76 bits per heavy atom. The maximum Gasteiger partial charge on any atom is 0.411 e. The second kappa shape index (κ2) is 7.75. The SMILES string of the molecule is O=C(NCCOCC(F)(F)F)c1ccc(-n2ccnc2)c([N+](=O)[O-])c1. The van der Waals surface area contributed by atoms with Gasteiger partial charge in [-0.15, -0.1) is 0 Å². The molecule has 25 heavy (non-hydrogen) atoms. The molecule has 0 aliphatic heterocycles. The number of nitrogens with zero attached hydrogens (tertiary/aromatic N) is 3. The number of hydrogen-bond acceptors (Lipinski definition) is 5. The summed E-state index contributed by atoms with van der Waals surface area (Å²) in [5.74, 6) is -0.657. The minimum Gasteiger partial charge on any atom is -0.370 e. The highest BCUT2D eigenvalue weighted by atomic mass is 19.4. The number of nitro groups is 1. The highest BCUT2D eigenvalue weighted by molar-refractivity contribution is 5.95. The zero-order valence-electron chi connectivity index (χ0n) is 12.7. The standard InChI is InChI=1S/C14H13F3N4O4/c15-14(16,17)8-25-6-4-19-13(22)10-1-2-11(12(7-10)21(23)24)20-5-3-18-9-20/h1-3,5,7,9H,4,6,8H2,(H,19,22). The summed E-state index contributed by atoms with van der Waals surface area (Å²) in [6, 6.07) is 3.84. The van der Waals surface area contributed by atoms with Crippen LogP contribution in [0.5, 0.6) is 0 Å². The molecule has 0 fully saturated rings. The van der Waals surface area contributed by atoms with E-state index in [2.05, 4.69) is 15.0 Å². The molecule has 0 atom stereocenters. The molecule has 1 N–H and O–H groups in total. The van der Waals surface area contributed by atoms with Gasteiger partial charge in [-0.2, -0.15) is 13.2 Å². The molecule has 134 valence electrons. The van der Waals surface area contributed by atoms with Gasteiger partial charge in [-0.1, -0.05) is 0 Å². The minimum atomic E-state index is -4.44. The number of ether oxygens (including phenoxy) is 1. The Hall–Kier alpha value is -2.95. The number of nitrogens with one attached hydrogen (secondary N) is 1. The van der Waals surface area contributed by atoms with Crippen LogP contribution in [-0.2, 0) is 4.74 Å². The summed E-state index contributed by atoms with van der Waals surface area (Å²) in [7, 11) is 0. The Kier molecular flexibility index (Phi) is 5.70. The quantitative estimate of drug-likeness (QED) is 0.464. The molecule has 1 amide bonds. The van der Waals surface area contributed by atoms with Gasteiger partial charge in [0.15, 0.2) is 0 Å². The summed E-state index contributed by atoms with van der Waals surface area (Å²) in [5.41, 5.74) is -0.0714. The van der Waals surface area contributed by atoms with Crippen molar-refractivity contribution in [2.75, 3.05) is 19.8 Å². The van der Waals surface area contributed by atoms with Crippen LogP contribution in [0.3, 0.4) is 0 Å². The van der Waals surface area contributed by atoms with Gasteiger partial charge in [0.1, 0.15) is 12.3 Å². The van der Waals surface area contributed by atoms with Gasteiger partial charge >= 0.3 is 6.18 Å². The first kappa shape index (κ1) is 18.4. The van der Waals surface area contributed by atoms with Crippen LogP contribution in [0.1, 0.15) is 10.4 Å². The van der Waals surface area contributed by atoms with Crippen molar-refractivity contribution >= 4 is 11.6 Å². The van der Waals surface area contributed by atoms with Crippen LogP contribution < -0.4 is 5.32 Å². The first-order chi connectivity index (χ1) is 11.8. The van der Waals surface area contributed by atoms with Crippen LogP contribution >= 0.6 is 0 Å². The van der Waals surface area contributed by atoms with Crippen molar-refractivity contribution in [2.24, 2.45) is 0 Å². The van der Waals surface area contributed by atoms with Crippen LogP contribution in [0.25, 0.3) is 5.69 Å². The zero-order chi connectivity index (χ0) is 18.4. The Morgan fingerprint density at radius 2 is 2.16 bits per heavy atom. The second-order valence-electron chi connectivity index (χ2n) is 4.85. The van der Waals surface area contributed by atoms with Gasteiger partial charge < -0.3 is 14.6 Å². The lowest BCUT2D eigenvalue weighted by molar-refractivity contribution is -0.384. The van der Waals surface area contributed by atoms with E-state index < -0.39 is 23.6 Å². The van der Waals surface area contributed by atoms with Gasteiger partial charge in [0.25, 0.3) is 11.6 Å². The molecular weight excluding hydrogens is 345 g/mol. The molecule has 0 saturated heterocycles. The third-order valence-electron chi connectivity index (χ3n) is 3.01. The molecule has 0 aliphatic carbocycles. The lowest BCUT2D eigenvalue weighted by Gasteiger charge is -2.09. The number of halogens is 3. The molecule has 1 heterocycles. The van der Waals surface area contributed by atoms with Gasteiger partial charge in [0.05, 0.1) is 17.9 Å². The molecule has 2 aromatic rings. The van der Waals surface area contributed by atoms with Crippen LogP contribution in [0, 0.1) is 10.1 Å². The van der Waals surface area contributed by atoms with Crippen LogP contribution in [0.15, 0.2) is 36.9 Å². The fourth-order valence-corrected chi connectivity index (χ4v) is 1.96. The van der Waals surface area contributed by atoms with Crippen molar-refractivity contribution in [3.63, 3.8) is 0 Å². The molecule has 11 heteroatoms. The van der Waals surface area contributed by atoms with Crippen molar-refractivity contribution < 1.29 is 27.6 Å². The van der Waals surface area contributed by atoms with Crippen LogP contribution in [0.2, 0.25) is 0 Å². The molecule has 0 aliphatic rings. The first-order valence-electron chi connectivity index (χ1n) is 6.97. The van der Waals surface area contributed by atoms with Gasteiger partial charge in [0, 0.05) is 30.6 Å². The number of carbonyl (C=O) groups excluding carboxylic acids is 1. The van der Waals surface area contributed by atoms with Crippen LogP contribution in [0.4, 0.5) is 18.9 Å². The lowest BCUT2D eigenvalue weighted by atomic mass is 10.1. The molecule has 8 nitrogen and oxygen atoms in total. The van der Waals surface area contributed by atoms with Crippen LogP contribution in [-0.4, -0.2) is 46.3 Å². The van der Waals surface area contributed by atoms with E-state index in [4.69, 9.17) is 0 Å².